The van der Waals surface area contributed by atoms with Crippen molar-refractivity contribution in [1.82, 2.24) is 0 Å². The highest BCUT2D eigenvalue weighted by molar-refractivity contribution is 5.97. The molecule has 1 aromatic rings. The summed E-state index contributed by atoms with van der Waals surface area (Å²) in [4.78, 5) is 26.6. The van der Waals surface area contributed by atoms with Crippen molar-refractivity contribution in [2.24, 2.45) is 11.0 Å². The van der Waals surface area contributed by atoms with Gasteiger partial charge in [-0.1, -0.05) is 5.11 Å². The number of carboxylic acid groups (broad SMARTS) is 1. The lowest BCUT2D eigenvalue weighted by Gasteiger charge is -2.17. The Morgan fingerprint density at radius 1 is 1.60 bits per heavy atom. The van der Waals surface area contributed by atoms with Crippen molar-refractivity contribution in [3.63, 3.8) is 0 Å². The highest BCUT2D eigenvalue weighted by Gasteiger charge is 2.31. The van der Waals surface area contributed by atoms with Crippen molar-refractivity contribution in [3.8, 4) is 0 Å². The number of carboxylic acids is 1. The van der Waals surface area contributed by atoms with Gasteiger partial charge in [-0.3, -0.25) is 4.79 Å². The molecule has 0 aliphatic carbocycles. The molecule has 1 N–H and O–H groups in total. The number of nitrogens with zero attached hydrogens (tertiary/aromatic N) is 4. The van der Waals surface area contributed by atoms with E-state index in [1.165, 1.54) is 4.90 Å². The first-order chi connectivity index (χ1) is 9.52. The Morgan fingerprint density at radius 3 is 3.00 bits per heavy atom. The zero-order valence-corrected chi connectivity index (χ0v) is 10.4. The SMILES string of the molecule is [N-]=[N+]=NCC1CC(=O)N(c2cc(C(=O)O)ccc2F)C1. The van der Waals surface area contributed by atoms with Gasteiger partial charge in [-0.25, -0.2) is 9.18 Å². The highest BCUT2D eigenvalue weighted by atomic mass is 19.1. The number of carbonyl (C=O) groups excluding carboxylic acids is 1. The van der Waals surface area contributed by atoms with Crippen molar-refractivity contribution < 1.29 is 19.1 Å². The van der Waals surface area contributed by atoms with Gasteiger partial charge in [0, 0.05) is 24.4 Å². The summed E-state index contributed by atoms with van der Waals surface area (Å²) in [6, 6.07) is 3.29. The van der Waals surface area contributed by atoms with Crippen LogP contribution in [0.1, 0.15) is 16.8 Å². The molecule has 0 spiro atoms. The summed E-state index contributed by atoms with van der Waals surface area (Å²) in [5.41, 5.74) is 8.10. The van der Waals surface area contributed by atoms with Crippen molar-refractivity contribution in [2.45, 2.75) is 6.42 Å². The maximum absolute atomic E-state index is 13.8. The molecule has 8 heteroatoms. The molecule has 20 heavy (non-hydrogen) atoms. The Hall–Kier alpha value is -2.60. The van der Waals surface area contributed by atoms with Gasteiger partial charge in [0.25, 0.3) is 0 Å². The van der Waals surface area contributed by atoms with Gasteiger partial charge in [0.15, 0.2) is 0 Å². The van der Waals surface area contributed by atoms with E-state index in [1.807, 2.05) is 0 Å². The van der Waals surface area contributed by atoms with Gasteiger partial charge in [-0.05, 0) is 29.6 Å². The van der Waals surface area contributed by atoms with E-state index >= 15 is 0 Å². The number of amides is 1. The molecule has 0 bridgehead atoms. The van der Waals surface area contributed by atoms with Crippen LogP contribution >= 0.6 is 0 Å². The third-order valence-electron chi connectivity index (χ3n) is 3.09. The van der Waals surface area contributed by atoms with Crippen LogP contribution in [0.4, 0.5) is 10.1 Å². The largest absolute Gasteiger partial charge is 0.478 e. The lowest BCUT2D eigenvalue weighted by atomic mass is 10.1. The van der Waals surface area contributed by atoms with Crippen molar-refractivity contribution in [1.29, 1.82) is 0 Å². The van der Waals surface area contributed by atoms with Gasteiger partial charge in [-0.2, -0.15) is 0 Å². The number of aromatic carboxylic acids is 1. The molecule has 0 radical (unpaired) electrons. The van der Waals surface area contributed by atoms with E-state index in [1.54, 1.807) is 0 Å². The number of azide groups is 1. The molecule has 1 fully saturated rings. The van der Waals surface area contributed by atoms with Crippen LogP contribution in [-0.4, -0.2) is 30.1 Å². The van der Waals surface area contributed by atoms with E-state index in [9.17, 15) is 14.0 Å². The molecule has 1 aliphatic heterocycles. The molecule has 7 nitrogen and oxygen atoms in total. The number of hydrogen-bond donors (Lipinski definition) is 1. The van der Waals surface area contributed by atoms with Gasteiger partial charge in [0.2, 0.25) is 5.91 Å². The number of hydrogen-bond acceptors (Lipinski definition) is 3. The number of benzene rings is 1. The van der Waals surface area contributed by atoms with Gasteiger partial charge in [0.1, 0.15) is 5.82 Å². The minimum Gasteiger partial charge on any atom is -0.478 e. The van der Waals surface area contributed by atoms with Crippen LogP contribution < -0.4 is 4.90 Å². The Morgan fingerprint density at radius 2 is 2.35 bits per heavy atom. The van der Waals surface area contributed by atoms with Gasteiger partial charge in [-0.15, -0.1) is 0 Å². The topological polar surface area (TPSA) is 106 Å². The van der Waals surface area contributed by atoms with E-state index in [2.05, 4.69) is 10.0 Å². The minimum atomic E-state index is -1.19. The fraction of sp³-hybridized carbons (Fsp3) is 0.333. The molecule has 1 unspecified atom stereocenters. The van der Waals surface area contributed by atoms with Gasteiger partial charge >= 0.3 is 5.97 Å². The predicted molar refractivity (Wildman–Crippen MR) is 67.8 cm³/mol. The van der Waals surface area contributed by atoms with Crippen LogP contribution in [-0.2, 0) is 4.79 Å². The molecule has 1 amide bonds. The minimum absolute atomic E-state index is 0.0571. The van der Waals surface area contributed by atoms with Crippen molar-refractivity contribution >= 4 is 17.6 Å². The van der Waals surface area contributed by atoms with E-state index in [4.69, 9.17) is 10.6 Å². The molecule has 0 aromatic heterocycles. The maximum atomic E-state index is 13.8. The average Bonchev–Trinajstić information content (AvgIpc) is 2.77. The molecule has 1 aromatic carbocycles. The van der Waals surface area contributed by atoms with Crippen LogP contribution in [0, 0.1) is 11.7 Å². The summed E-state index contributed by atoms with van der Waals surface area (Å²) >= 11 is 0. The normalized spacial score (nSPS) is 17.9. The Balaban J connectivity index is 2.27. The van der Waals surface area contributed by atoms with E-state index in [0.717, 1.165) is 18.2 Å². The second kappa shape index (κ2) is 5.58. The van der Waals surface area contributed by atoms with Crippen molar-refractivity contribution in [3.05, 3.63) is 40.0 Å². The lowest BCUT2D eigenvalue weighted by Crippen LogP contribution is -2.26. The molecule has 1 atom stereocenters. The fourth-order valence-corrected chi connectivity index (χ4v) is 2.14. The number of rotatable bonds is 4. The quantitative estimate of drug-likeness (QED) is 0.518. The molecule has 2 rings (SSSR count). The summed E-state index contributed by atoms with van der Waals surface area (Å²) in [6.07, 6.45) is 0.149. The van der Waals surface area contributed by atoms with E-state index in [-0.39, 0.29) is 42.6 Å². The lowest BCUT2D eigenvalue weighted by molar-refractivity contribution is -0.117. The highest BCUT2D eigenvalue weighted by Crippen LogP contribution is 2.28. The average molecular weight is 278 g/mol. The zero-order chi connectivity index (χ0) is 14.7. The molecule has 104 valence electrons. The summed E-state index contributed by atoms with van der Waals surface area (Å²) in [7, 11) is 0. The fourth-order valence-electron chi connectivity index (χ4n) is 2.14. The summed E-state index contributed by atoms with van der Waals surface area (Å²) < 4.78 is 13.8. The zero-order valence-electron chi connectivity index (χ0n) is 10.4. The monoisotopic (exact) mass is 278 g/mol. The predicted octanol–water partition coefficient (Wildman–Crippen LogP) is 2.19. The molecular weight excluding hydrogens is 267 g/mol. The molecule has 1 heterocycles. The first-order valence-electron chi connectivity index (χ1n) is 5.87. The third-order valence-corrected chi connectivity index (χ3v) is 3.09. The number of carbonyl (C=O) groups is 2. The van der Waals surface area contributed by atoms with Gasteiger partial charge in [0.05, 0.1) is 11.3 Å². The Kier molecular flexibility index (Phi) is 3.86. The van der Waals surface area contributed by atoms with E-state index < -0.39 is 11.8 Å². The first kappa shape index (κ1) is 13.8. The summed E-state index contributed by atoms with van der Waals surface area (Å²) in [6.45, 7) is 0.358. The van der Waals surface area contributed by atoms with Crippen LogP contribution in [0.2, 0.25) is 0 Å². The molecule has 1 aliphatic rings. The number of halogens is 1. The first-order valence-corrected chi connectivity index (χ1v) is 5.87. The van der Waals surface area contributed by atoms with Crippen LogP contribution in [0.25, 0.3) is 10.4 Å². The third kappa shape index (κ3) is 2.70. The molecular formula is C12H11FN4O3. The summed E-state index contributed by atoms with van der Waals surface area (Å²) in [5, 5.41) is 12.3. The second-order valence-corrected chi connectivity index (χ2v) is 4.46. The van der Waals surface area contributed by atoms with Crippen LogP contribution in [0.3, 0.4) is 0 Å². The van der Waals surface area contributed by atoms with E-state index in [0.29, 0.717) is 0 Å². The smallest absolute Gasteiger partial charge is 0.335 e. The van der Waals surface area contributed by atoms with Crippen LogP contribution in [0.5, 0.6) is 0 Å². The van der Waals surface area contributed by atoms with Gasteiger partial charge < -0.3 is 10.0 Å². The Bertz CT molecular complexity index is 613. The molecule has 1 saturated heterocycles. The second-order valence-electron chi connectivity index (χ2n) is 4.46. The van der Waals surface area contributed by atoms with Crippen LogP contribution in [0.15, 0.2) is 23.3 Å². The summed E-state index contributed by atoms with van der Waals surface area (Å²) in [5.74, 6) is -2.35. The maximum Gasteiger partial charge on any atom is 0.335 e. The molecule has 0 saturated carbocycles. The van der Waals surface area contributed by atoms with Crippen molar-refractivity contribution in [2.75, 3.05) is 18.0 Å². The number of anilines is 1. The standard InChI is InChI=1S/C12H11FN4O3/c13-9-2-1-8(12(19)20)4-10(9)17-6-7(3-11(17)18)5-15-16-14/h1-2,4,7H,3,5-6H2,(H,19,20). The Labute approximate surface area is 113 Å².